The molecule has 1 amide bonds. The summed E-state index contributed by atoms with van der Waals surface area (Å²) >= 11 is 7.15. The summed E-state index contributed by atoms with van der Waals surface area (Å²) in [6, 6.07) is 4.04. The maximum absolute atomic E-state index is 13.1. The average Bonchev–Trinajstić information content (AvgIpc) is 3.00. The fourth-order valence-electron chi connectivity index (χ4n) is 2.21. The summed E-state index contributed by atoms with van der Waals surface area (Å²) in [6.45, 7) is 3.90. The van der Waals surface area contributed by atoms with Gasteiger partial charge in [-0.3, -0.25) is 9.69 Å². The second-order valence-corrected chi connectivity index (χ2v) is 6.45. The van der Waals surface area contributed by atoms with Gasteiger partial charge in [0.2, 0.25) is 0 Å². The van der Waals surface area contributed by atoms with Crippen LogP contribution in [0.25, 0.3) is 0 Å². The third-order valence-corrected chi connectivity index (χ3v) is 4.55. The Kier molecular flexibility index (Phi) is 5.22. The molecule has 2 heterocycles. The molecule has 23 heavy (non-hydrogen) atoms. The van der Waals surface area contributed by atoms with E-state index in [0.717, 1.165) is 31.3 Å². The van der Waals surface area contributed by atoms with Crippen molar-refractivity contribution in [3.8, 4) is 0 Å². The monoisotopic (exact) mass is 355 g/mol. The highest BCUT2D eigenvalue weighted by atomic mass is 35.5. The van der Waals surface area contributed by atoms with Gasteiger partial charge in [0.25, 0.3) is 5.91 Å². The number of halogens is 2. The Morgan fingerprint density at radius 3 is 2.96 bits per heavy atom. The molecule has 122 valence electrons. The molecule has 0 saturated carbocycles. The zero-order valence-corrected chi connectivity index (χ0v) is 13.8. The maximum Gasteiger partial charge on any atom is 0.275 e. The first-order valence-electron chi connectivity index (χ1n) is 7.13. The van der Waals surface area contributed by atoms with Crippen LogP contribution in [0.4, 0.5) is 10.1 Å². The molecule has 1 saturated heterocycles. The van der Waals surface area contributed by atoms with E-state index in [9.17, 15) is 9.18 Å². The van der Waals surface area contributed by atoms with Gasteiger partial charge in [0.05, 0.1) is 24.8 Å². The number of amides is 1. The van der Waals surface area contributed by atoms with Gasteiger partial charge in [-0.1, -0.05) is 11.6 Å². The van der Waals surface area contributed by atoms with Crippen LogP contribution < -0.4 is 5.32 Å². The van der Waals surface area contributed by atoms with E-state index in [-0.39, 0.29) is 10.9 Å². The summed E-state index contributed by atoms with van der Waals surface area (Å²) in [5.41, 5.74) is 0.780. The smallest absolute Gasteiger partial charge is 0.275 e. The molecule has 1 aliphatic rings. The minimum atomic E-state index is -0.522. The summed E-state index contributed by atoms with van der Waals surface area (Å²) in [5.74, 6) is -0.858. The molecule has 1 aromatic heterocycles. The minimum Gasteiger partial charge on any atom is -0.379 e. The third-order valence-electron chi connectivity index (χ3n) is 3.42. The average molecular weight is 356 g/mol. The molecule has 1 fully saturated rings. The highest BCUT2D eigenvalue weighted by Gasteiger charge is 2.15. The quantitative estimate of drug-likeness (QED) is 0.916. The van der Waals surface area contributed by atoms with E-state index in [0.29, 0.717) is 17.9 Å². The molecule has 0 spiro atoms. The summed E-state index contributed by atoms with van der Waals surface area (Å²) in [6.07, 6.45) is 0. The van der Waals surface area contributed by atoms with Crippen LogP contribution in [-0.2, 0) is 11.3 Å². The van der Waals surface area contributed by atoms with E-state index in [1.54, 1.807) is 5.38 Å². The normalized spacial score (nSPS) is 15.6. The van der Waals surface area contributed by atoms with Gasteiger partial charge >= 0.3 is 0 Å². The Morgan fingerprint density at radius 1 is 1.43 bits per heavy atom. The van der Waals surface area contributed by atoms with E-state index in [2.05, 4.69) is 15.2 Å². The number of ether oxygens (including phenoxy) is 1. The standard InChI is InChI=1S/C15H15ClFN3O2S/c16-11-7-10(1-2-12(11)17)18-15(21)13-9-23-14(19-13)8-20-3-5-22-6-4-20/h1-2,7,9H,3-6,8H2,(H,18,21). The van der Waals surface area contributed by atoms with Crippen LogP contribution >= 0.6 is 22.9 Å². The molecule has 1 aromatic carbocycles. The molecule has 1 aliphatic heterocycles. The zero-order valence-electron chi connectivity index (χ0n) is 12.2. The van der Waals surface area contributed by atoms with E-state index < -0.39 is 5.82 Å². The van der Waals surface area contributed by atoms with Crippen LogP contribution in [0.15, 0.2) is 23.6 Å². The molecule has 0 aliphatic carbocycles. The van der Waals surface area contributed by atoms with E-state index in [1.165, 1.54) is 29.5 Å². The van der Waals surface area contributed by atoms with Crippen LogP contribution in [0.1, 0.15) is 15.5 Å². The van der Waals surface area contributed by atoms with Crippen molar-refractivity contribution in [3.05, 3.63) is 45.1 Å². The first-order valence-corrected chi connectivity index (χ1v) is 8.38. The van der Waals surface area contributed by atoms with Gasteiger partial charge in [0.1, 0.15) is 16.5 Å². The third kappa shape index (κ3) is 4.26. The number of hydrogen-bond donors (Lipinski definition) is 1. The molecule has 5 nitrogen and oxygen atoms in total. The van der Waals surface area contributed by atoms with E-state index in [4.69, 9.17) is 16.3 Å². The number of aromatic nitrogens is 1. The SMILES string of the molecule is O=C(Nc1ccc(F)c(Cl)c1)c1csc(CN2CCOCC2)n1. The highest BCUT2D eigenvalue weighted by molar-refractivity contribution is 7.09. The van der Waals surface area contributed by atoms with E-state index >= 15 is 0 Å². The van der Waals surface area contributed by atoms with Crippen molar-refractivity contribution in [2.75, 3.05) is 31.6 Å². The lowest BCUT2D eigenvalue weighted by Gasteiger charge is -2.25. The van der Waals surface area contributed by atoms with Gasteiger partial charge in [-0.05, 0) is 18.2 Å². The molecule has 0 atom stereocenters. The zero-order chi connectivity index (χ0) is 16.2. The number of carbonyl (C=O) groups excluding carboxylic acids is 1. The minimum absolute atomic E-state index is 0.0333. The van der Waals surface area contributed by atoms with Crippen LogP contribution in [0.5, 0.6) is 0 Å². The molecule has 1 N–H and O–H groups in total. The second-order valence-electron chi connectivity index (χ2n) is 5.10. The lowest BCUT2D eigenvalue weighted by atomic mass is 10.3. The van der Waals surface area contributed by atoms with Crippen molar-refractivity contribution >= 4 is 34.5 Å². The van der Waals surface area contributed by atoms with Gasteiger partial charge in [0, 0.05) is 24.2 Å². The van der Waals surface area contributed by atoms with Gasteiger partial charge < -0.3 is 10.1 Å². The number of carbonyl (C=O) groups is 1. The number of thiazole rings is 1. The van der Waals surface area contributed by atoms with Crippen LogP contribution in [0.3, 0.4) is 0 Å². The second kappa shape index (κ2) is 7.35. The van der Waals surface area contributed by atoms with Gasteiger partial charge in [-0.15, -0.1) is 11.3 Å². The van der Waals surface area contributed by atoms with Crippen molar-refractivity contribution in [3.63, 3.8) is 0 Å². The van der Waals surface area contributed by atoms with Gasteiger partial charge in [0.15, 0.2) is 0 Å². The fourth-order valence-corrected chi connectivity index (χ4v) is 3.20. The Morgan fingerprint density at radius 2 is 2.22 bits per heavy atom. The Bertz CT molecular complexity index is 704. The van der Waals surface area contributed by atoms with E-state index in [1.807, 2.05) is 0 Å². The Balaban J connectivity index is 1.62. The first-order chi connectivity index (χ1) is 11.1. The highest BCUT2D eigenvalue weighted by Crippen LogP contribution is 2.20. The molecular formula is C15H15ClFN3O2S. The van der Waals surface area contributed by atoms with Gasteiger partial charge in [-0.2, -0.15) is 0 Å². The van der Waals surface area contributed by atoms with Crippen molar-refractivity contribution in [1.29, 1.82) is 0 Å². The molecular weight excluding hydrogens is 341 g/mol. The molecule has 3 rings (SSSR count). The van der Waals surface area contributed by atoms with Crippen molar-refractivity contribution in [2.45, 2.75) is 6.54 Å². The van der Waals surface area contributed by atoms with Crippen molar-refractivity contribution in [2.24, 2.45) is 0 Å². The number of hydrogen-bond acceptors (Lipinski definition) is 5. The lowest BCUT2D eigenvalue weighted by molar-refractivity contribution is 0.0341. The van der Waals surface area contributed by atoms with Crippen LogP contribution in [0.2, 0.25) is 5.02 Å². The molecule has 0 unspecified atom stereocenters. The number of benzene rings is 1. The molecule has 0 radical (unpaired) electrons. The molecule has 0 bridgehead atoms. The van der Waals surface area contributed by atoms with Crippen molar-refractivity contribution < 1.29 is 13.9 Å². The fraction of sp³-hybridized carbons (Fsp3) is 0.333. The molecule has 8 heteroatoms. The number of anilines is 1. The predicted molar refractivity (Wildman–Crippen MR) is 87.6 cm³/mol. The first kappa shape index (κ1) is 16.3. The summed E-state index contributed by atoms with van der Waals surface area (Å²) in [5, 5.41) is 5.23. The maximum atomic E-state index is 13.1. The number of nitrogens with zero attached hydrogens (tertiary/aromatic N) is 2. The largest absolute Gasteiger partial charge is 0.379 e. The van der Waals surface area contributed by atoms with Crippen molar-refractivity contribution in [1.82, 2.24) is 9.88 Å². The van der Waals surface area contributed by atoms with Crippen LogP contribution in [-0.4, -0.2) is 42.1 Å². The summed E-state index contributed by atoms with van der Waals surface area (Å²) < 4.78 is 18.4. The summed E-state index contributed by atoms with van der Waals surface area (Å²) in [4.78, 5) is 18.8. The Labute approximate surface area is 142 Å². The number of rotatable bonds is 4. The number of nitrogens with one attached hydrogen (secondary N) is 1. The number of morpholine rings is 1. The lowest BCUT2D eigenvalue weighted by Crippen LogP contribution is -2.35. The van der Waals surface area contributed by atoms with Gasteiger partial charge in [-0.25, -0.2) is 9.37 Å². The predicted octanol–water partition coefficient (Wildman–Crippen LogP) is 3.02. The van der Waals surface area contributed by atoms with Crippen LogP contribution in [0, 0.1) is 5.82 Å². The molecule has 2 aromatic rings. The Hall–Kier alpha value is -1.54. The topological polar surface area (TPSA) is 54.5 Å². The summed E-state index contributed by atoms with van der Waals surface area (Å²) in [7, 11) is 0.